The fourth-order valence-electron chi connectivity index (χ4n) is 1.68. The predicted molar refractivity (Wildman–Crippen MR) is 85.9 cm³/mol. The topological polar surface area (TPSA) is 29.1 Å². The van der Waals surface area contributed by atoms with Crippen molar-refractivity contribution in [1.29, 1.82) is 0 Å². The maximum atomic E-state index is 13.3. The Kier molecular flexibility index (Phi) is 4.57. The number of carbonyl (C=O) groups is 1. The van der Waals surface area contributed by atoms with Crippen molar-refractivity contribution in [1.82, 2.24) is 0 Å². The summed E-state index contributed by atoms with van der Waals surface area (Å²) >= 11 is 5.47. The zero-order valence-corrected chi connectivity index (χ0v) is 13.7. The number of rotatable bonds is 2. The van der Waals surface area contributed by atoms with Crippen LogP contribution in [0.5, 0.6) is 0 Å². The molecule has 0 aromatic heterocycles. The lowest BCUT2D eigenvalue weighted by atomic mass is 10.2. The van der Waals surface area contributed by atoms with E-state index in [9.17, 15) is 9.18 Å². The summed E-state index contributed by atoms with van der Waals surface area (Å²) in [6, 6.07) is 9.92. The van der Waals surface area contributed by atoms with Crippen LogP contribution in [0.4, 0.5) is 10.1 Å². The number of amides is 1. The monoisotopic (exact) mass is 433 g/mol. The molecule has 0 atom stereocenters. The van der Waals surface area contributed by atoms with E-state index >= 15 is 0 Å². The van der Waals surface area contributed by atoms with Gasteiger partial charge in [-0.15, -0.1) is 0 Å². The third-order valence-electron chi connectivity index (χ3n) is 2.47. The Morgan fingerprint density at radius 2 is 2.00 bits per heavy atom. The third kappa shape index (κ3) is 3.76. The van der Waals surface area contributed by atoms with Gasteiger partial charge >= 0.3 is 0 Å². The fourth-order valence-corrected chi connectivity index (χ4v) is 2.60. The second kappa shape index (κ2) is 6.00. The van der Waals surface area contributed by atoms with E-state index in [2.05, 4.69) is 43.8 Å². The number of halogens is 3. The quantitative estimate of drug-likeness (QED) is 0.680. The highest BCUT2D eigenvalue weighted by molar-refractivity contribution is 14.1. The number of hydrogen-bond acceptors (Lipinski definition) is 1. The molecule has 2 nitrogen and oxygen atoms in total. The summed E-state index contributed by atoms with van der Waals surface area (Å²) in [5, 5.41) is 2.70. The lowest BCUT2D eigenvalue weighted by Gasteiger charge is -2.08. The van der Waals surface area contributed by atoms with Gasteiger partial charge in [0.15, 0.2) is 0 Å². The summed E-state index contributed by atoms with van der Waals surface area (Å²) in [7, 11) is 0. The van der Waals surface area contributed by atoms with Gasteiger partial charge in [-0.25, -0.2) is 4.39 Å². The van der Waals surface area contributed by atoms with E-state index in [1.165, 1.54) is 12.1 Å². The minimum absolute atomic E-state index is 0.268. The summed E-state index contributed by atoms with van der Waals surface area (Å²) < 4.78 is 14.9. The van der Waals surface area contributed by atoms with E-state index < -0.39 is 0 Å². The first-order chi connectivity index (χ1) is 8.95. The average Bonchev–Trinajstić information content (AvgIpc) is 2.30. The van der Waals surface area contributed by atoms with Gasteiger partial charge in [-0.05, 0) is 87.4 Å². The Morgan fingerprint density at radius 1 is 1.26 bits per heavy atom. The van der Waals surface area contributed by atoms with Crippen LogP contribution in [-0.4, -0.2) is 5.91 Å². The third-order valence-corrected chi connectivity index (χ3v) is 3.84. The zero-order valence-electron chi connectivity index (χ0n) is 10.0. The molecule has 2 aromatic carbocycles. The van der Waals surface area contributed by atoms with Crippen molar-refractivity contribution in [2.75, 3.05) is 5.32 Å². The average molecular weight is 434 g/mol. The second-order valence-electron chi connectivity index (χ2n) is 4.10. The van der Waals surface area contributed by atoms with E-state index in [0.717, 1.165) is 9.13 Å². The fraction of sp³-hybridized carbons (Fsp3) is 0.0714. The van der Waals surface area contributed by atoms with Crippen LogP contribution in [0.15, 0.2) is 40.9 Å². The molecule has 2 rings (SSSR count). The maximum Gasteiger partial charge on any atom is 0.256 e. The van der Waals surface area contributed by atoms with E-state index in [0.29, 0.717) is 15.7 Å². The second-order valence-corrected chi connectivity index (χ2v) is 6.20. The Morgan fingerprint density at radius 3 is 2.68 bits per heavy atom. The van der Waals surface area contributed by atoms with Gasteiger partial charge in [-0.1, -0.05) is 0 Å². The van der Waals surface area contributed by atoms with Crippen LogP contribution >= 0.6 is 38.5 Å². The molecular formula is C14H10BrFINO. The molecule has 0 radical (unpaired) electrons. The lowest BCUT2D eigenvalue weighted by molar-refractivity contribution is 0.102. The van der Waals surface area contributed by atoms with Crippen molar-refractivity contribution in [2.24, 2.45) is 0 Å². The van der Waals surface area contributed by atoms with Crippen LogP contribution in [0.3, 0.4) is 0 Å². The minimum Gasteiger partial charge on any atom is -0.322 e. The van der Waals surface area contributed by atoms with Crippen molar-refractivity contribution < 1.29 is 9.18 Å². The van der Waals surface area contributed by atoms with Gasteiger partial charge in [-0.2, -0.15) is 0 Å². The summed E-state index contributed by atoms with van der Waals surface area (Å²) in [4.78, 5) is 12.1. The molecule has 5 heteroatoms. The van der Waals surface area contributed by atoms with Crippen LogP contribution in [0.1, 0.15) is 15.9 Å². The van der Waals surface area contributed by atoms with Gasteiger partial charge < -0.3 is 5.32 Å². The van der Waals surface area contributed by atoms with E-state index in [4.69, 9.17) is 0 Å². The van der Waals surface area contributed by atoms with E-state index in [1.54, 1.807) is 19.1 Å². The number of aryl methyl sites for hydroxylation is 1. The maximum absolute atomic E-state index is 13.3. The first-order valence-corrected chi connectivity index (χ1v) is 7.36. The summed E-state index contributed by atoms with van der Waals surface area (Å²) in [5.74, 6) is -0.632. The molecular weight excluding hydrogens is 424 g/mol. The first kappa shape index (κ1) is 14.5. The van der Waals surface area contributed by atoms with Crippen LogP contribution in [0, 0.1) is 16.3 Å². The molecule has 19 heavy (non-hydrogen) atoms. The summed E-state index contributed by atoms with van der Waals surface area (Å²) in [6.07, 6.45) is 0. The molecule has 0 fully saturated rings. The van der Waals surface area contributed by atoms with Gasteiger partial charge in [-0.3, -0.25) is 4.79 Å². The lowest BCUT2D eigenvalue weighted by Crippen LogP contribution is -2.13. The molecule has 2 aromatic rings. The standard InChI is InChI=1S/C14H10BrFINO/c1-8-4-9(16)6-11(5-8)18-14(19)12-7-10(17)2-3-13(12)15/h2-7H,1H3,(H,18,19). The van der Waals surface area contributed by atoms with Crippen LogP contribution < -0.4 is 5.32 Å². The highest BCUT2D eigenvalue weighted by Crippen LogP contribution is 2.21. The zero-order chi connectivity index (χ0) is 14.0. The van der Waals surface area contributed by atoms with Crippen molar-refractivity contribution in [3.8, 4) is 0 Å². The van der Waals surface area contributed by atoms with Crippen LogP contribution in [0.2, 0.25) is 0 Å². The van der Waals surface area contributed by atoms with Gasteiger partial charge in [0.05, 0.1) is 5.56 Å². The number of nitrogens with one attached hydrogen (secondary N) is 1. The van der Waals surface area contributed by atoms with Gasteiger partial charge in [0.25, 0.3) is 5.91 Å². The van der Waals surface area contributed by atoms with Gasteiger partial charge in [0.2, 0.25) is 0 Å². The number of hydrogen-bond donors (Lipinski definition) is 1. The van der Waals surface area contributed by atoms with Crippen molar-refractivity contribution in [3.05, 3.63) is 61.4 Å². The molecule has 0 aliphatic rings. The SMILES string of the molecule is Cc1cc(F)cc(NC(=O)c2cc(I)ccc2Br)c1. The molecule has 0 aliphatic heterocycles. The summed E-state index contributed by atoms with van der Waals surface area (Å²) in [6.45, 7) is 1.78. The number of benzene rings is 2. The molecule has 98 valence electrons. The Hall–Kier alpha value is -0.950. The normalized spacial score (nSPS) is 10.3. The van der Waals surface area contributed by atoms with Gasteiger partial charge in [0, 0.05) is 13.7 Å². The van der Waals surface area contributed by atoms with Crippen molar-refractivity contribution in [3.63, 3.8) is 0 Å². The van der Waals surface area contributed by atoms with E-state index in [1.807, 2.05) is 12.1 Å². The molecule has 0 aliphatic carbocycles. The summed E-state index contributed by atoms with van der Waals surface area (Å²) in [5.41, 5.74) is 1.74. The van der Waals surface area contributed by atoms with Crippen molar-refractivity contribution in [2.45, 2.75) is 6.92 Å². The molecule has 0 saturated heterocycles. The molecule has 0 heterocycles. The van der Waals surface area contributed by atoms with Gasteiger partial charge in [0.1, 0.15) is 5.82 Å². The Labute approximate surface area is 132 Å². The molecule has 0 spiro atoms. The largest absolute Gasteiger partial charge is 0.322 e. The van der Waals surface area contributed by atoms with E-state index in [-0.39, 0.29) is 11.7 Å². The Balaban J connectivity index is 2.28. The predicted octanol–water partition coefficient (Wildman–Crippen LogP) is 4.75. The number of carbonyl (C=O) groups excluding carboxylic acids is 1. The number of anilines is 1. The highest BCUT2D eigenvalue weighted by Gasteiger charge is 2.11. The minimum atomic E-state index is -0.364. The molecule has 1 N–H and O–H groups in total. The van der Waals surface area contributed by atoms with Crippen molar-refractivity contribution >= 4 is 50.1 Å². The molecule has 0 saturated carbocycles. The molecule has 0 unspecified atom stereocenters. The van der Waals surface area contributed by atoms with Crippen LogP contribution in [0.25, 0.3) is 0 Å². The highest BCUT2D eigenvalue weighted by atomic mass is 127. The molecule has 1 amide bonds. The molecule has 0 bridgehead atoms. The van der Waals surface area contributed by atoms with Crippen LogP contribution in [-0.2, 0) is 0 Å². The Bertz CT molecular complexity index is 625. The smallest absolute Gasteiger partial charge is 0.256 e. The first-order valence-electron chi connectivity index (χ1n) is 5.49.